The van der Waals surface area contributed by atoms with E-state index in [9.17, 15) is 0 Å². The van der Waals surface area contributed by atoms with Crippen molar-refractivity contribution in [1.29, 1.82) is 0 Å². The van der Waals surface area contributed by atoms with E-state index in [2.05, 4.69) is 23.9 Å². The number of amidine groups is 1. The Bertz CT molecular complexity index is 218. The lowest BCUT2D eigenvalue weighted by Gasteiger charge is -2.33. The molecule has 1 rings (SSSR count). The number of oxime groups is 1. The van der Waals surface area contributed by atoms with E-state index in [0.717, 1.165) is 13.0 Å². The number of hydrogen-bond donors (Lipinski definition) is 2. The maximum atomic E-state index is 8.76. The fraction of sp³-hybridized carbons (Fsp3) is 0.909. The summed E-state index contributed by atoms with van der Waals surface area (Å²) >= 11 is 0. The van der Waals surface area contributed by atoms with Crippen LogP contribution in [0.1, 0.15) is 46.0 Å². The molecule has 0 spiro atoms. The molecule has 1 heterocycles. The highest BCUT2D eigenvalue weighted by Gasteiger charge is 2.26. The molecule has 1 fully saturated rings. The third-order valence-corrected chi connectivity index (χ3v) is 3.35. The number of hydrogen-bond acceptors (Lipinski definition) is 3. The second-order valence-electron chi connectivity index (χ2n) is 4.39. The van der Waals surface area contributed by atoms with Crippen LogP contribution in [0.4, 0.5) is 0 Å². The first-order valence-corrected chi connectivity index (χ1v) is 5.93. The van der Waals surface area contributed by atoms with Gasteiger partial charge in [-0.1, -0.05) is 24.9 Å². The van der Waals surface area contributed by atoms with Gasteiger partial charge in [0.1, 0.15) is 0 Å². The molecule has 0 aromatic heterocycles. The molecule has 4 heteroatoms. The van der Waals surface area contributed by atoms with Crippen LogP contribution in [0.2, 0.25) is 0 Å². The minimum absolute atomic E-state index is 0.100. The number of likely N-dealkylation sites (tertiary alicyclic amines) is 1. The quantitative estimate of drug-likeness (QED) is 0.325. The molecule has 0 aromatic carbocycles. The monoisotopic (exact) mass is 213 g/mol. The van der Waals surface area contributed by atoms with Crippen molar-refractivity contribution in [2.45, 2.75) is 58.0 Å². The van der Waals surface area contributed by atoms with Crippen LogP contribution in [0.5, 0.6) is 0 Å². The first-order valence-electron chi connectivity index (χ1n) is 5.93. The van der Waals surface area contributed by atoms with E-state index in [1.807, 2.05) is 0 Å². The van der Waals surface area contributed by atoms with Gasteiger partial charge >= 0.3 is 0 Å². The van der Waals surface area contributed by atoms with Gasteiger partial charge in [-0.3, -0.25) is 4.90 Å². The highest BCUT2D eigenvalue weighted by Crippen LogP contribution is 2.20. The molecule has 1 saturated heterocycles. The van der Waals surface area contributed by atoms with Crippen molar-refractivity contribution in [2.24, 2.45) is 10.9 Å². The molecule has 2 unspecified atom stereocenters. The Morgan fingerprint density at radius 3 is 2.87 bits per heavy atom. The van der Waals surface area contributed by atoms with Gasteiger partial charge in [0.15, 0.2) is 5.84 Å². The topological polar surface area (TPSA) is 61.9 Å². The van der Waals surface area contributed by atoms with Crippen LogP contribution in [0.25, 0.3) is 0 Å². The van der Waals surface area contributed by atoms with Crippen molar-refractivity contribution in [3.8, 4) is 0 Å². The molecular formula is C11H23N3O. The summed E-state index contributed by atoms with van der Waals surface area (Å²) in [5.41, 5.74) is 5.73. The third-order valence-electron chi connectivity index (χ3n) is 3.35. The summed E-state index contributed by atoms with van der Waals surface area (Å²) < 4.78 is 0. The average molecular weight is 213 g/mol. The van der Waals surface area contributed by atoms with E-state index in [1.54, 1.807) is 0 Å². The summed E-state index contributed by atoms with van der Waals surface area (Å²) in [6, 6.07) is 0.640. The van der Waals surface area contributed by atoms with Gasteiger partial charge < -0.3 is 10.9 Å². The Hall–Kier alpha value is -0.770. The largest absolute Gasteiger partial charge is 0.409 e. The molecule has 0 amide bonds. The fourth-order valence-corrected chi connectivity index (χ4v) is 2.44. The predicted molar refractivity (Wildman–Crippen MR) is 62.1 cm³/mol. The molecule has 4 nitrogen and oxygen atoms in total. The Labute approximate surface area is 92.1 Å². The van der Waals surface area contributed by atoms with E-state index in [-0.39, 0.29) is 6.04 Å². The molecule has 2 atom stereocenters. The van der Waals surface area contributed by atoms with Crippen molar-refractivity contribution >= 4 is 5.84 Å². The van der Waals surface area contributed by atoms with Crippen LogP contribution < -0.4 is 5.73 Å². The summed E-state index contributed by atoms with van der Waals surface area (Å²) in [6.45, 7) is 5.38. The second-order valence-corrected chi connectivity index (χ2v) is 4.39. The van der Waals surface area contributed by atoms with Gasteiger partial charge in [0.2, 0.25) is 0 Å². The smallest absolute Gasteiger partial charge is 0.156 e. The van der Waals surface area contributed by atoms with Crippen LogP contribution in [-0.4, -0.2) is 34.6 Å². The van der Waals surface area contributed by atoms with E-state index >= 15 is 0 Å². The Balaban J connectivity index is 2.71. The number of nitrogens with two attached hydrogens (primary N) is 1. The molecular weight excluding hydrogens is 190 g/mol. The minimum Gasteiger partial charge on any atom is -0.409 e. The average Bonchev–Trinajstić information content (AvgIpc) is 2.45. The Morgan fingerprint density at radius 2 is 2.27 bits per heavy atom. The van der Waals surface area contributed by atoms with E-state index in [0.29, 0.717) is 11.9 Å². The van der Waals surface area contributed by atoms with Crippen molar-refractivity contribution in [3.05, 3.63) is 0 Å². The van der Waals surface area contributed by atoms with E-state index in [1.165, 1.54) is 25.7 Å². The minimum atomic E-state index is 0.100. The normalized spacial score (nSPS) is 27.3. The van der Waals surface area contributed by atoms with E-state index in [4.69, 9.17) is 10.9 Å². The summed E-state index contributed by atoms with van der Waals surface area (Å²) in [4.78, 5) is 2.38. The van der Waals surface area contributed by atoms with Gasteiger partial charge in [-0.15, -0.1) is 0 Å². The summed E-state index contributed by atoms with van der Waals surface area (Å²) in [5, 5.41) is 11.9. The molecule has 1 aliphatic rings. The first kappa shape index (κ1) is 12.3. The molecule has 15 heavy (non-hydrogen) atoms. The lowest BCUT2D eigenvalue weighted by Crippen LogP contribution is -2.48. The summed E-state index contributed by atoms with van der Waals surface area (Å²) in [5.74, 6) is 0.353. The zero-order valence-electron chi connectivity index (χ0n) is 9.82. The molecule has 88 valence electrons. The molecule has 0 aromatic rings. The second kappa shape index (κ2) is 5.95. The highest BCUT2D eigenvalue weighted by molar-refractivity contribution is 5.85. The first-order chi connectivity index (χ1) is 7.20. The molecule has 0 radical (unpaired) electrons. The molecule has 0 aliphatic carbocycles. The van der Waals surface area contributed by atoms with Crippen LogP contribution in [-0.2, 0) is 0 Å². The zero-order chi connectivity index (χ0) is 11.3. The zero-order valence-corrected chi connectivity index (χ0v) is 9.82. The maximum Gasteiger partial charge on any atom is 0.156 e. The fourth-order valence-electron chi connectivity index (χ4n) is 2.44. The van der Waals surface area contributed by atoms with Crippen molar-refractivity contribution in [1.82, 2.24) is 4.90 Å². The lowest BCUT2D eigenvalue weighted by molar-refractivity contribution is 0.177. The van der Waals surface area contributed by atoms with Crippen molar-refractivity contribution in [3.63, 3.8) is 0 Å². The van der Waals surface area contributed by atoms with Crippen molar-refractivity contribution in [2.75, 3.05) is 6.54 Å². The summed E-state index contributed by atoms with van der Waals surface area (Å²) in [7, 11) is 0. The van der Waals surface area contributed by atoms with Gasteiger partial charge in [0.25, 0.3) is 0 Å². The predicted octanol–water partition coefficient (Wildman–Crippen LogP) is 1.78. The standard InChI is InChI=1S/C11H23N3O/c1-3-10(11(12)13-15)14-8-6-4-5-7-9(14)2/h9-10,15H,3-8H2,1-2H3,(H2,12,13). The van der Waals surface area contributed by atoms with Crippen LogP contribution in [0, 0.1) is 0 Å². The highest BCUT2D eigenvalue weighted by atomic mass is 16.4. The Kier molecular flexibility index (Phi) is 4.88. The Morgan fingerprint density at radius 1 is 1.53 bits per heavy atom. The van der Waals surface area contributed by atoms with Gasteiger partial charge in [0, 0.05) is 6.04 Å². The molecule has 3 N–H and O–H groups in total. The lowest BCUT2D eigenvalue weighted by atomic mass is 10.1. The third kappa shape index (κ3) is 3.09. The summed E-state index contributed by atoms with van der Waals surface area (Å²) in [6.07, 6.45) is 5.94. The van der Waals surface area contributed by atoms with Gasteiger partial charge in [-0.05, 0) is 32.7 Å². The SMILES string of the molecule is CCC(C(N)=NO)N1CCCCCC1C. The maximum absolute atomic E-state index is 8.76. The van der Waals surface area contributed by atoms with Crippen molar-refractivity contribution < 1.29 is 5.21 Å². The van der Waals surface area contributed by atoms with Gasteiger partial charge in [0.05, 0.1) is 6.04 Å². The van der Waals surface area contributed by atoms with Crippen LogP contribution in [0.15, 0.2) is 5.16 Å². The van der Waals surface area contributed by atoms with Crippen LogP contribution in [0.3, 0.4) is 0 Å². The van der Waals surface area contributed by atoms with E-state index < -0.39 is 0 Å². The number of rotatable bonds is 3. The molecule has 0 saturated carbocycles. The van der Waals surface area contributed by atoms with Crippen LogP contribution >= 0.6 is 0 Å². The van der Waals surface area contributed by atoms with Gasteiger partial charge in [-0.25, -0.2) is 0 Å². The van der Waals surface area contributed by atoms with Gasteiger partial charge in [-0.2, -0.15) is 0 Å². The molecule has 1 aliphatic heterocycles. The molecule has 0 bridgehead atoms. The number of nitrogens with zero attached hydrogens (tertiary/aromatic N) is 2.